The van der Waals surface area contributed by atoms with Gasteiger partial charge in [0, 0.05) is 0 Å². The Morgan fingerprint density at radius 1 is 0.900 bits per heavy atom. The van der Waals surface area contributed by atoms with E-state index in [-0.39, 0.29) is 0 Å². The molecule has 0 aromatic rings. The third-order valence-corrected chi connectivity index (χ3v) is 2.48. The van der Waals surface area contributed by atoms with Crippen molar-refractivity contribution in [2.75, 3.05) is 0 Å². The Morgan fingerprint density at radius 2 is 1.20 bits per heavy atom. The minimum atomic E-state index is 0.726. The van der Waals surface area contributed by atoms with E-state index in [0.717, 1.165) is 11.8 Å². The maximum Gasteiger partial charge on any atom is -0.0196 e. The van der Waals surface area contributed by atoms with Crippen molar-refractivity contribution in [2.24, 2.45) is 11.8 Å². The van der Waals surface area contributed by atoms with E-state index in [1.807, 2.05) is 0 Å². The second-order valence-corrected chi connectivity index (χ2v) is 3.42. The topological polar surface area (TPSA) is 0 Å². The molecule has 10 heavy (non-hydrogen) atoms. The number of allylic oxidation sites excluding steroid dienone is 4. The molecular formula is C10H16. The first-order chi connectivity index (χ1) is 4.61. The summed E-state index contributed by atoms with van der Waals surface area (Å²) in [6.45, 7) is 8.93. The van der Waals surface area contributed by atoms with Gasteiger partial charge in [-0.3, -0.25) is 0 Å². The third-order valence-electron chi connectivity index (χ3n) is 2.48. The normalized spacial score (nSPS) is 33.2. The zero-order valence-corrected chi connectivity index (χ0v) is 7.31. The van der Waals surface area contributed by atoms with Crippen LogP contribution in [-0.2, 0) is 0 Å². The highest BCUT2D eigenvalue weighted by Gasteiger charge is 2.12. The fraction of sp³-hybridized carbons (Fsp3) is 0.600. The number of hydrogen-bond acceptors (Lipinski definition) is 0. The first kappa shape index (κ1) is 7.59. The average molecular weight is 136 g/mol. The van der Waals surface area contributed by atoms with Crippen LogP contribution in [0.25, 0.3) is 0 Å². The van der Waals surface area contributed by atoms with E-state index < -0.39 is 0 Å². The van der Waals surface area contributed by atoms with E-state index >= 15 is 0 Å². The van der Waals surface area contributed by atoms with Crippen LogP contribution in [0, 0.1) is 11.8 Å². The van der Waals surface area contributed by atoms with Gasteiger partial charge in [0.15, 0.2) is 0 Å². The van der Waals surface area contributed by atoms with E-state index in [9.17, 15) is 0 Å². The molecule has 0 amide bonds. The molecule has 0 aromatic carbocycles. The second kappa shape index (κ2) is 2.61. The highest BCUT2D eigenvalue weighted by Crippen LogP contribution is 2.26. The van der Waals surface area contributed by atoms with Crippen molar-refractivity contribution >= 4 is 0 Å². The van der Waals surface area contributed by atoms with Gasteiger partial charge in [-0.1, -0.05) is 37.1 Å². The van der Waals surface area contributed by atoms with Crippen molar-refractivity contribution in [1.29, 1.82) is 0 Å². The van der Waals surface area contributed by atoms with E-state index in [1.54, 1.807) is 0 Å². The maximum absolute atomic E-state index is 2.36. The van der Waals surface area contributed by atoms with Crippen molar-refractivity contribution in [3.63, 3.8) is 0 Å². The van der Waals surface area contributed by atoms with Crippen molar-refractivity contribution in [2.45, 2.75) is 27.7 Å². The maximum atomic E-state index is 2.36. The van der Waals surface area contributed by atoms with Gasteiger partial charge in [-0.2, -0.15) is 0 Å². The van der Waals surface area contributed by atoms with Gasteiger partial charge in [-0.25, -0.2) is 0 Å². The lowest BCUT2D eigenvalue weighted by molar-refractivity contribution is 0.544. The summed E-state index contributed by atoms with van der Waals surface area (Å²) in [7, 11) is 0. The molecule has 0 spiro atoms. The first-order valence-electron chi connectivity index (χ1n) is 3.98. The Balaban J connectivity index is 2.83. The standard InChI is InChI=1S/C10H16/c1-7-5-9(3)10(4)6-8(7)2/h5-8H,1-4H3. The van der Waals surface area contributed by atoms with E-state index in [1.165, 1.54) is 11.1 Å². The van der Waals surface area contributed by atoms with Gasteiger partial charge in [0.25, 0.3) is 0 Å². The summed E-state index contributed by atoms with van der Waals surface area (Å²) in [6.07, 6.45) is 4.72. The predicted molar refractivity (Wildman–Crippen MR) is 45.8 cm³/mol. The van der Waals surface area contributed by atoms with Gasteiger partial charge in [0.05, 0.1) is 0 Å². The van der Waals surface area contributed by atoms with Crippen LogP contribution >= 0.6 is 0 Å². The quantitative estimate of drug-likeness (QED) is 0.480. The molecule has 1 rings (SSSR count). The lowest BCUT2D eigenvalue weighted by atomic mass is 9.85. The summed E-state index contributed by atoms with van der Waals surface area (Å²) < 4.78 is 0. The smallest absolute Gasteiger partial charge is 0.0196 e. The summed E-state index contributed by atoms with van der Waals surface area (Å²) in [6, 6.07) is 0. The Kier molecular flexibility index (Phi) is 1.98. The predicted octanol–water partition coefficient (Wildman–Crippen LogP) is 3.16. The molecule has 1 aliphatic rings. The van der Waals surface area contributed by atoms with Gasteiger partial charge in [-0.15, -0.1) is 0 Å². The molecule has 0 N–H and O–H groups in total. The van der Waals surface area contributed by atoms with Crippen LogP contribution in [0.4, 0.5) is 0 Å². The molecule has 0 nitrogen and oxygen atoms in total. The molecule has 0 saturated carbocycles. The third kappa shape index (κ3) is 1.31. The number of rotatable bonds is 0. The molecule has 1 aliphatic carbocycles. The summed E-state index contributed by atoms with van der Waals surface area (Å²) in [4.78, 5) is 0. The zero-order chi connectivity index (χ0) is 7.72. The molecule has 0 aliphatic heterocycles. The summed E-state index contributed by atoms with van der Waals surface area (Å²) in [5.41, 5.74) is 2.90. The molecule has 0 saturated heterocycles. The molecule has 56 valence electrons. The van der Waals surface area contributed by atoms with Crippen molar-refractivity contribution in [3.8, 4) is 0 Å². The highest BCUT2D eigenvalue weighted by atomic mass is 14.2. The molecular weight excluding hydrogens is 120 g/mol. The zero-order valence-electron chi connectivity index (χ0n) is 7.31. The van der Waals surface area contributed by atoms with Crippen molar-refractivity contribution in [3.05, 3.63) is 23.3 Å². The summed E-state index contributed by atoms with van der Waals surface area (Å²) in [5, 5.41) is 0. The fourth-order valence-corrected chi connectivity index (χ4v) is 1.36. The van der Waals surface area contributed by atoms with Crippen molar-refractivity contribution < 1.29 is 0 Å². The SMILES string of the molecule is CC1=CC(C)C(C)C=C1C. The molecule has 0 aromatic heterocycles. The Labute approximate surface area is 63.6 Å². The Morgan fingerprint density at radius 3 is 1.50 bits per heavy atom. The van der Waals surface area contributed by atoms with E-state index in [4.69, 9.17) is 0 Å². The minimum Gasteiger partial charge on any atom is -0.0779 e. The summed E-state index contributed by atoms with van der Waals surface area (Å²) in [5.74, 6) is 1.45. The van der Waals surface area contributed by atoms with Crippen LogP contribution in [-0.4, -0.2) is 0 Å². The first-order valence-corrected chi connectivity index (χ1v) is 3.98. The van der Waals surface area contributed by atoms with Crippen LogP contribution in [0.15, 0.2) is 23.3 Å². The monoisotopic (exact) mass is 136 g/mol. The lowest BCUT2D eigenvalue weighted by Gasteiger charge is -2.20. The second-order valence-electron chi connectivity index (χ2n) is 3.42. The van der Waals surface area contributed by atoms with Gasteiger partial charge >= 0.3 is 0 Å². The molecule has 0 fully saturated rings. The van der Waals surface area contributed by atoms with E-state index in [0.29, 0.717) is 0 Å². The Hall–Kier alpha value is -0.520. The van der Waals surface area contributed by atoms with Gasteiger partial charge in [-0.05, 0) is 25.7 Å². The lowest BCUT2D eigenvalue weighted by Crippen LogP contribution is -2.08. The molecule has 0 radical (unpaired) electrons. The molecule has 2 unspecified atom stereocenters. The van der Waals surface area contributed by atoms with Crippen LogP contribution < -0.4 is 0 Å². The van der Waals surface area contributed by atoms with Gasteiger partial charge in [0.1, 0.15) is 0 Å². The molecule has 0 bridgehead atoms. The van der Waals surface area contributed by atoms with Gasteiger partial charge in [0.2, 0.25) is 0 Å². The average Bonchev–Trinajstić information content (AvgIpc) is 1.84. The summed E-state index contributed by atoms with van der Waals surface area (Å²) >= 11 is 0. The largest absolute Gasteiger partial charge is 0.0779 e. The Bertz CT molecular complexity index is 162. The van der Waals surface area contributed by atoms with Crippen LogP contribution in [0.1, 0.15) is 27.7 Å². The van der Waals surface area contributed by atoms with Crippen molar-refractivity contribution in [1.82, 2.24) is 0 Å². The van der Waals surface area contributed by atoms with E-state index in [2.05, 4.69) is 39.8 Å². The fourth-order valence-electron chi connectivity index (χ4n) is 1.36. The molecule has 2 atom stereocenters. The molecule has 0 heteroatoms. The van der Waals surface area contributed by atoms with Crippen LogP contribution in [0.5, 0.6) is 0 Å². The molecule has 0 heterocycles. The highest BCUT2D eigenvalue weighted by molar-refractivity contribution is 5.31. The van der Waals surface area contributed by atoms with Gasteiger partial charge < -0.3 is 0 Å². The van der Waals surface area contributed by atoms with Crippen LogP contribution in [0.2, 0.25) is 0 Å². The minimum absolute atomic E-state index is 0.726. The number of hydrogen-bond donors (Lipinski definition) is 0. The van der Waals surface area contributed by atoms with Crippen LogP contribution in [0.3, 0.4) is 0 Å².